The van der Waals surface area contributed by atoms with Crippen LogP contribution in [0.2, 0.25) is 0 Å². The first-order valence-corrected chi connectivity index (χ1v) is 8.89. The molecule has 1 unspecified atom stereocenters. The van der Waals surface area contributed by atoms with E-state index in [0.29, 0.717) is 17.9 Å². The summed E-state index contributed by atoms with van der Waals surface area (Å²) in [7, 11) is 2.05. The van der Waals surface area contributed by atoms with Gasteiger partial charge < -0.3 is 9.84 Å². The number of ketones is 1. The topological polar surface area (TPSA) is 55.3 Å². The van der Waals surface area contributed by atoms with Crippen molar-refractivity contribution in [2.45, 2.75) is 32.9 Å². The molecule has 0 saturated heterocycles. The van der Waals surface area contributed by atoms with Gasteiger partial charge in [0, 0.05) is 12.0 Å². The second kappa shape index (κ2) is 7.70. The van der Waals surface area contributed by atoms with Crippen molar-refractivity contribution in [3.63, 3.8) is 0 Å². The van der Waals surface area contributed by atoms with E-state index in [-0.39, 0.29) is 12.4 Å². The van der Waals surface area contributed by atoms with Crippen molar-refractivity contribution in [2.75, 3.05) is 6.61 Å². The van der Waals surface area contributed by atoms with Gasteiger partial charge in [-0.05, 0) is 43.3 Å². The number of aromatic nitrogens is 2. The Morgan fingerprint density at radius 2 is 1.88 bits per heavy atom. The summed E-state index contributed by atoms with van der Waals surface area (Å²) >= 11 is 0. The third-order valence-corrected chi connectivity index (χ3v) is 4.65. The average molecular weight is 353 g/mol. The molecule has 1 heterocycles. The molecule has 0 aliphatic rings. The molecule has 0 aliphatic heterocycles. The molecule has 0 spiro atoms. The standard InChI is InChI=1S/C21H25N2O3/c1-4-21-22(3)19-7-5-6-8-20(19)23(21)13-17(25)14-26-18-11-9-16(10-12-18)15(2)24/h5-12,17,25H,4,13-14H2,1-3H3/q+1. The highest BCUT2D eigenvalue weighted by molar-refractivity contribution is 5.94. The largest absolute Gasteiger partial charge is 0.491 e. The quantitative estimate of drug-likeness (QED) is 0.525. The van der Waals surface area contributed by atoms with Gasteiger partial charge in [0.15, 0.2) is 16.8 Å². The number of ether oxygens (including phenoxy) is 1. The molecule has 0 saturated carbocycles. The van der Waals surface area contributed by atoms with Gasteiger partial charge >= 0.3 is 0 Å². The van der Waals surface area contributed by atoms with E-state index in [0.717, 1.165) is 23.3 Å². The Labute approximate surface area is 153 Å². The molecule has 0 aliphatic carbocycles. The molecule has 1 N–H and O–H groups in total. The van der Waals surface area contributed by atoms with Crippen molar-refractivity contribution in [2.24, 2.45) is 7.05 Å². The second-order valence-electron chi connectivity index (χ2n) is 6.47. The van der Waals surface area contributed by atoms with Gasteiger partial charge in [-0.15, -0.1) is 0 Å². The normalized spacial score (nSPS) is 12.3. The molecule has 2 aromatic carbocycles. The van der Waals surface area contributed by atoms with Crippen LogP contribution in [0.3, 0.4) is 0 Å². The molecule has 0 amide bonds. The number of fused-ring (bicyclic) bond motifs is 1. The molecule has 5 heteroatoms. The first-order chi connectivity index (χ1) is 12.5. The summed E-state index contributed by atoms with van der Waals surface area (Å²) in [6.45, 7) is 4.31. The lowest BCUT2D eigenvalue weighted by Crippen LogP contribution is -2.34. The highest BCUT2D eigenvalue weighted by Crippen LogP contribution is 2.16. The van der Waals surface area contributed by atoms with E-state index >= 15 is 0 Å². The number of carbonyl (C=O) groups excluding carboxylic acids is 1. The number of hydrogen-bond donors (Lipinski definition) is 1. The zero-order valence-corrected chi connectivity index (χ0v) is 15.5. The van der Waals surface area contributed by atoms with Crippen LogP contribution in [0.1, 0.15) is 30.0 Å². The Hall–Kier alpha value is -2.66. The summed E-state index contributed by atoms with van der Waals surface area (Å²) in [5.74, 6) is 1.83. The van der Waals surface area contributed by atoms with E-state index in [1.54, 1.807) is 24.3 Å². The van der Waals surface area contributed by atoms with Crippen molar-refractivity contribution < 1.29 is 19.2 Å². The number of rotatable bonds is 7. The monoisotopic (exact) mass is 353 g/mol. The summed E-state index contributed by atoms with van der Waals surface area (Å²) in [5.41, 5.74) is 2.91. The van der Waals surface area contributed by atoms with Crippen LogP contribution in [0.25, 0.3) is 11.0 Å². The number of aliphatic hydroxyl groups is 1. The smallest absolute Gasteiger partial charge is 0.256 e. The first kappa shape index (κ1) is 18.1. The summed E-state index contributed by atoms with van der Waals surface area (Å²) in [4.78, 5) is 11.3. The SMILES string of the molecule is CCc1n(CC(O)COc2ccc(C(C)=O)cc2)c2ccccc2[n+]1C. The lowest BCUT2D eigenvalue weighted by atomic mass is 10.1. The Balaban J connectivity index is 1.71. The van der Waals surface area contributed by atoms with Gasteiger partial charge in [-0.2, -0.15) is 0 Å². The van der Waals surface area contributed by atoms with Crippen LogP contribution in [-0.4, -0.2) is 28.2 Å². The molecule has 1 aromatic heterocycles. The predicted octanol–water partition coefficient (Wildman–Crippen LogP) is 2.67. The maximum atomic E-state index is 11.3. The van der Waals surface area contributed by atoms with E-state index in [9.17, 15) is 9.90 Å². The second-order valence-corrected chi connectivity index (χ2v) is 6.47. The zero-order chi connectivity index (χ0) is 18.7. The van der Waals surface area contributed by atoms with Gasteiger partial charge in [0.2, 0.25) is 0 Å². The van der Waals surface area contributed by atoms with Crippen LogP contribution in [0.5, 0.6) is 5.75 Å². The lowest BCUT2D eigenvalue weighted by Gasteiger charge is -2.12. The van der Waals surface area contributed by atoms with Crippen molar-refractivity contribution >= 4 is 16.8 Å². The van der Waals surface area contributed by atoms with Gasteiger partial charge in [0.05, 0.1) is 7.05 Å². The van der Waals surface area contributed by atoms with E-state index in [2.05, 4.69) is 35.2 Å². The molecule has 5 nitrogen and oxygen atoms in total. The predicted molar refractivity (Wildman–Crippen MR) is 100 cm³/mol. The van der Waals surface area contributed by atoms with Crippen LogP contribution in [0, 0.1) is 0 Å². The van der Waals surface area contributed by atoms with Crippen molar-refractivity contribution in [3.8, 4) is 5.75 Å². The fraction of sp³-hybridized carbons (Fsp3) is 0.333. The van der Waals surface area contributed by atoms with Gasteiger partial charge in [-0.1, -0.05) is 19.1 Å². The van der Waals surface area contributed by atoms with Gasteiger partial charge in [0.25, 0.3) is 5.82 Å². The summed E-state index contributed by atoms with van der Waals surface area (Å²) in [6, 6.07) is 15.2. The fourth-order valence-electron chi connectivity index (χ4n) is 3.31. The Morgan fingerprint density at radius 3 is 2.54 bits per heavy atom. The molecular formula is C21H25N2O3+. The van der Waals surface area contributed by atoms with Gasteiger partial charge in [-0.25, -0.2) is 9.13 Å². The molecule has 3 rings (SSSR count). The molecule has 26 heavy (non-hydrogen) atoms. The number of aryl methyl sites for hydroxylation is 1. The highest BCUT2D eigenvalue weighted by atomic mass is 16.5. The molecule has 1 atom stereocenters. The van der Waals surface area contributed by atoms with Crippen molar-refractivity contribution in [3.05, 3.63) is 59.9 Å². The number of benzene rings is 2. The van der Waals surface area contributed by atoms with Crippen LogP contribution < -0.4 is 9.30 Å². The van der Waals surface area contributed by atoms with Crippen LogP contribution in [0.15, 0.2) is 48.5 Å². The minimum atomic E-state index is -0.636. The van der Waals surface area contributed by atoms with Crippen LogP contribution >= 0.6 is 0 Å². The van der Waals surface area contributed by atoms with E-state index in [4.69, 9.17) is 4.74 Å². The number of carbonyl (C=O) groups is 1. The zero-order valence-electron chi connectivity index (χ0n) is 15.5. The molecule has 3 aromatic rings. The van der Waals surface area contributed by atoms with Crippen molar-refractivity contribution in [1.82, 2.24) is 4.57 Å². The molecular weight excluding hydrogens is 328 g/mol. The van der Waals surface area contributed by atoms with Crippen LogP contribution in [0.4, 0.5) is 0 Å². The maximum absolute atomic E-state index is 11.3. The van der Waals surface area contributed by atoms with E-state index in [1.807, 2.05) is 12.1 Å². The number of para-hydroxylation sites is 2. The lowest BCUT2D eigenvalue weighted by molar-refractivity contribution is -0.653. The summed E-state index contributed by atoms with van der Waals surface area (Å²) in [6.07, 6.45) is 0.245. The minimum Gasteiger partial charge on any atom is -0.491 e. The molecule has 136 valence electrons. The number of Topliss-reactive ketones (excluding diaryl/α,β-unsaturated/α-hetero) is 1. The fourth-order valence-corrected chi connectivity index (χ4v) is 3.31. The van der Waals surface area contributed by atoms with E-state index < -0.39 is 6.10 Å². The summed E-state index contributed by atoms with van der Waals surface area (Å²) in [5, 5.41) is 10.5. The number of nitrogens with zero attached hydrogens (tertiary/aromatic N) is 2. The number of imidazole rings is 1. The molecule has 0 fully saturated rings. The maximum Gasteiger partial charge on any atom is 0.256 e. The third-order valence-electron chi connectivity index (χ3n) is 4.65. The molecule has 0 bridgehead atoms. The van der Waals surface area contributed by atoms with Crippen molar-refractivity contribution in [1.29, 1.82) is 0 Å². The Morgan fingerprint density at radius 1 is 1.19 bits per heavy atom. The van der Waals surface area contributed by atoms with Crippen LogP contribution in [-0.2, 0) is 20.0 Å². The van der Waals surface area contributed by atoms with Gasteiger partial charge in [-0.3, -0.25) is 4.79 Å². The number of aliphatic hydroxyl groups excluding tert-OH is 1. The minimum absolute atomic E-state index is 0.0241. The Kier molecular flexibility index (Phi) is 5.38. The summed E-state index contributed by atoms with van der Waals surface area (Å²) < 4.78 is 10.0. The third kappa shape index (κ3) is 3.63. The Bertz CT molecular complexity index is 913. The number of hydrogen-bond acceptors (Lipinski definition) is 3. The van der Waals surface area contributed by atoms with E-state index in [1.165, 1.54) is 6.92 Å². The average Bonchev–Trinajstić information content (AvgIpc) is 2.92. The highest BCUT2D eigenvalue weighted by Gasteiger charge is 2.23. The first-order valence-electron chi connectivity index (χ1n) is 8.89. The van der Waals surface area contributed by atoms with Gasteiger partial charge in [0.1, 0.15) is 25.0 Å². The molecule has 0 radical (unpaired) electrons.